The van der Waals surface area contributed by atoms with Gasteiger partial charge in [-0.15, -0.1) is 0 Å². The number of hydrogen-bond donors (Lipinski definition) is 0. The number of nitrogens with zero attached hydrogens (tertiary/aromatic N) is 1. The number of rotatable bonds is 5. The lowest BCUT2D eigenvalue weighted by molar-refractivity contribution is -0.157. The predicted octanol–water partition coefficient (Wildman–Crippen LogP) is 3.13. The van der Waals surface area contributed by atoms with Crippen molar-refractivity contribution in [1.29, 1.82) is 0 Å². The molecule has 3 aliphatic carbocycles. The maximum atomic E-state index is 13.1. The zero-order chi connectivity index (χ0) is 20.2. The third kappa shape index (κ3) is 3.09. The van der Waals surface area contributed by atoms with Gasteiger partial charge in [-0.25, -0.2) is 0 Å². The van der Waals surface area contributed by atoms with Gasteiger partial charge < -0.3 is 9.47 Å². The monoisotopic (exact) mass is 397 g/mol. The SMILES string of the molecule is CCOC(=O)C1C[C@@H]2[C@H]3Cc4ccc(OC)cc4[C@@]2(CCN3CC2CC2)CC1=O. The first-order chi connectivity index (χ1) is 14.1. The second-order valence-corrected chi connectivity index (χ2v) is 9.43. The quantitative estimate of drug-likeness (QED) is 0.564. The topological polar surface area (TPSA) is 55.8 Å². The average Bonchev–Trinajstić information content (AvgIpc) is 3.53. The number of hydrogen-bond acceptors (Lipinski definition) is 5. The van der Waals surface area contributed by atoms with Crippen LogP contribution in [0, 0.1) is 17.8 Å². The highest BCUT2D eigenvalue weighted by atomic mass is 16.5. The number of carbonyl (C=O) groups excluding carboxylic acids is 2. The van der Waals surface area contributed by atoms with Crippen LogP contribution in [0.1, 0.15) is 50.2 Å². The minimum atomic E-state index is -0.594. The number of piperidine rings is 1. The molecule has 5 rings (SSSR count). The maximum absolute atomic E-state index is 13.1. The molecular weight excluding hydrogens is 366 g/mol. The Morgan fingerprint density at radius 3 is 2.86 bits per heavy atom. The molecule has 0 spiro atoms. The predicted molar refractivity (Wildman–Crippen MR) is 109 cm³/mol. The smallest absolute Gasteiger partial charge is 0.316 e. The van der Waals surface area contributed by atoms with Crippen LogP contribution in [0.2, 0.25) is 0 Å². The van der Waals surface area contributed by atoms with Crippen molar-refractivity contribution in [2.75, 3.05) is 26.8 Å². The molecule has 3 fully saturated rings. The van der Waals surface area contributed by atoms with Crippen molar-refractivity contribution in [3.63, 3.8) is 0 Å². The number of methoxy groups -OCH3 is 1. The molecule has 2 saturated carbocycles. The molecule has 0 amide bonds. The summed E-state index contributed by atoms with van der Waals surface area (Å²) in [7, 11) is 1.70. The van der Waals surface area contributed by atoms with E-state index in [0.717, 1.165) is 31.1 Å². The van der Waals surface area contributed by atoms with Gasteiger partial charge in [0.25, 0.3) is 0 Å². The van der Waals surface area contributed by atoms with Gasteiger partial charge in [-0.05, 0) is 80.7 Å². The lowest BCUT2D eigenvalue weighted by Gasteiger charge is -2.59. The third-order valence-corrected chi connectivity index (χ3v) is 7.90. The Bertz CT molecular complexity index is 832. The second-order valence-electron chi connectivity index (χ2n) is 9.43. The summed E-state index contributed by atoms with van der Waals surface area (Å²) in [4.78, 5) is 28.4. The van der Waals surface area contributed by atoms with Crippen molar-refractivity contribution in [3.05, 3.63) is 29.3 Å². The fourth-order valence-electron chi connectivity index (χ4n) is 6.32. The van der Waals surface area contributed by atoms with Gasteiger partial charge in [0.05, 0.1) is 13.7 Å². The molecule has 1 saturated heterocycles. The van der Waals surface area contributed by atoms with E-state index in [-0.39, 0.29) is 17.2 Å². The number of ketones is 1. The Balaban J connectivity index is 1.55. The largest absolute Gasteiger partial charge is 0.497 e. The maximum Gasteiger partial charge on any atom is 0.316 e. The molecule has 0 radical (unpaired) electrons. The van der Waals surface area contributed by atoms with E-state index in [1.54, 1.807) is 7.11 Å². The lowest BCUT2D eigenvalue weighted by Crippen LogP contribution is -2.63. The summed E-state index contributed by atoms with van der Waals surface area (Å²) in [6.45, 7) is 4.35. The molecule has 1 aliphatic heterocycles. The van der Waals surface area contributed by atoms with Crippen LogP contribution < -0.4 is 4.74 Å². The van der Waals surface area contributed by atoms with Crippen LogP contribution in [0.5, 0.6) is 5.75 Å². The Morgan fingerprint density at radius 1 is 1.31 bits per heavy atom. The molecule has 156 valence electrons. The van der Waals surface area contributed by atoms with Crippen molar-refractivity contribution < 1.29 is 19.1 Å². The Kier molecular flexibility index (Phi) is 4.69. The Morgan fingerprint density at radius 2 is 2.14 bits per heavy atom. The van der Waals surface area contributed by atoms with Crippen LogP contribution in [0.3, 0.4) is 0 Å². The summed E-state index contributed by atoms with van der Waals surface area (Å²) in [6.07, 6.45) is 5.76. The summed E-state index contributed by atoms with van der Waals surface area (Å²) in [5, 5.41) is 0. The minimum absolute atomic E-state index is 0.0600. The van der Waals surface area contributed by atoms with E-state index in [1.165, 1.54) is 30.5 Å². The van der Waals surface area contributed by atoms with E-state index in [9.17, 15) is 9.59 Å². The van der Waals surface area contributed by atoms with Crippen molar-refractivity contribution in [2.24, 2.45) is 17.8 Å². The molecule has 1 aromatic rings. The first-order valence-corrected chi connectivity index (χ1v) is 11.2. The normalized spacial score (nSPS) is 33.6. The van der Waals surface area contributed by atoms with Crippen LogP contribution in [0.25, 0.3) is 0 Å². The van der Waals surface area contributed by atoms with Crippen LogP contribution >= 0.6 is 0 Å². The average molecular weight is 398 g/mol. The van der Waals surface area contributed by atoms with Gasteiger partial charge in [-0.2, -0.15) is 0 Å². The Hall–Kier alpha value is -1.88. The van der Waals surface area contributed by atoms with Gasteiger partial charge >= 0.3 is 5.97 Å². The fourth-order valence-corrected chi connectivity index (χ4v) is 6.32. The first-order valence-electron chi connectivity index (χ1n) is 11.2. The molecule has 5 heteroatoms. The highest BCUT2D eigenvalue weighted by Crippen LogP contribution is 2.57. The van der Waals surface area contributed by atoms with Crippen LogP contribution in [-0.4, -0.2) is 49.5 Å². The van der Waals surface area contributed by atoms with E-state index in [2.05, 4.69) is 17.0 Å². The number of esters is 1. The zero-order valence-corrected chi connectivity index (χ0v) is 17.5. The summed E-state index contributed by atoms with van der Waals surface area (Å²) in [5.41, 5.74) is 2.49. The minimum Gasteiger partial charge on any atom is -0.497 e. The van der Waals surface area contributed by atoms with E-state index in [1.807, 2.05) is 13.0 Å². The van der Waals surface area contributed by atoms with E-state index < -0.39 is 5.92 Å². The number of benzene rings is 1. The van der Waals surface area contributed by atoms with Crippen molar-refractivity contribution >= 4 is 11.8 Å². The van der Waals surface area contributed by atoms with Crippen LogP contribution in [0.15, 0.2) is 18.2 Å². The molecule has 1 heterocycles. The number of carbonyl (C=O) groups is 2. The van der Waals surface area contributed by atoms with E-state index >= 15 is 0 Å². The van der Waals surface area contributed by atoms with Gasteiger partial charge in [0.15, 0.2) is 0 Å². The van der Waals surface area contributed by atoms with Gasteiger partial charge in [-0.3, -0.25) is 14.5 Å². The summed E-state index contributed by atoms with van der Waals surface area (Å²) < 4.78 is 10.8. The molecule has 4 atom stereocenters. The molecule has 1 aromatic carbocycles. The number of ether oxygens (including phenoxy) is 2. The number of Topliss-reactive ketones (excluding diaryl/α,β-unsaturated/α-hetero) is 1. The molecule has 29 heavy (non-hydrogen) atoms. The molecule has 0 N–H and O–H groups in total. The zero-order valence-electron chi connectivity index (χ0n) is 17.5. The van der Waals surface area contributed by atoms with Gasteiger partial charge in [-0.1, -0.05) is 6.07 Å². The summed E-state index contributed by atoms with van der Waals surface area (Å²) in [5.74, 6) is 1.16. The second kappa shape index (κ2) is 7.12. The fraction of sp³-hybridized carbons (Fsp3) is 0.667. The van der Waals surface area contributed by atoms with Crippen molar-refractivity contribution in [3.8, 4) is 5.75 Å². The standard InChI is InChI=1S/C24H31NO4/c1-3-29-23(27)18-12-20-21-10-16-6-7-17(28-2)11-19(16)24(20,13-22(18)26)8-9-25(21)14-15-4-5-15/h6-7,11,15,18,20-21H,3-5,8-10,12-14H2,1-2H3/t18?,20-,21-,24-/m1/s1. The van der Waals surface area contributed by atoms with E-state index in [0.29, 0.717) is 31.4 Å². The summed E-state index contributed by atoms with van der Waals surface area (Å²) >= 11 is 0. The van der Waals surface area contributed by atoms with Crippen molar-refractivity contribution in [1.82, 2.24) is 4.90 Å². The summed E-state index contributed by atoms with van der Waals surface area (Å²) in [6, 6.07) is 6.81. The molecule has 4 aliphatic rings. The molecule has 2 bridgehead atoms. The van der Waals surface area contributed by atoms with Gasteiger partial charge in [0.1, 0.15) is 17.5 Å². The van der Waals surface area contributed by atoms with E-state index in [4.69, 9.17) is 9.47 Å². The number of fused-ring (bicyclic) bond motifs is 1. The number of likely N-dealkylation sites (tertiary alicyclic amines) is 1. The van der Waals surface area contributed by atoms with Crippen molar-refractivity contribution in [2.45, 2.75) is 56.9 Å². The first kappa shape index (κ1) is 19.1. The van der Waals surface area contributed by atoms with Gasteiger partial charge in [0, 0.05) is 24.4 Å². The van der Waals surface area contributed by atoms with Crippen LogP contribution in [-0.2, 0) is 26.2 Å². The molecular formula is C24H31NO4. The highest BCUT2D eigenvalue weighted by Gasteiger charge is 2.59. The van der Waals surface area contributed by atoms with Gasteiger partial charge in [0.2, 0.25) is 0 Å². The van der Waals surface area contributed by atoms with Crippen LogP contribution in [0.4, 0.5) is 0 Å². The lowest BCUT2D eigenvalue weighted by atomic mass is 9.50. The highest BCUT2D eigenvalue weighted by molar-refractivity contribution is 6.00. The molecule has 5 nitrogen and oxygen atoms in total. The third-order valence-electron chi connectivity index (χ3n) is 7.90. The molecule has 1 unspecified atom stereocenters. The Labute approximate surface area is 172 Å². The molecule has 0 aromatic heterocycles.